The van der Waals surface area contributed by atoms with E-state index in [1.165, 1.54) is 11.1 Å². The first kappa shape index (κ1) is 17.5. The Hall–Kier alpha value is -1.83. The molecule has 2 rings (SSSR count). The van der Waals surface area contributed by atoms with Crippen molar-refractivity contribution in [3.8, 4) is 5.75 Å². The van der Waals surface area contributed by atoms with Gasteiger partial charge in [0, 0.05) is 12.4 Å². The van der Waals surface area contributed by atoms with Crippen LogP contribution < -0.4 is 0 Å². The highest BCUT2D eigenvalue weighted by molar-refractivity contribution is 5.50. The number of nitrogens with zero attached hydrogens (tertiary/aromatic N) is 1. The van der Waals surface area contributed by atoms with Crippen LogP contribution in [0.3, 0.4) is 0 Å². The van der Waals surface area contributed by atoms with Crippen LogP contribution in [-0.2, 0) is 23.7 Å². The summed E-state index contributed by atoms with van der Waals surface area (Å²) in [4.78, 5) is 4.18. The van der Waals surface area contributed by atoms with Crippen LogP contribution in [0.4, 0.5) is 0 Å². The van der Waals surface area contributed by atoms with Crippen LogP contribution in [0.5, 0.6) is 5.75 Å². The predicted molar refractivity (Wildman–Crippen MR) is 97.2 cm³/mol. The second-order valence-electron chi connectivity index (χ2n) is 8.40. The van der Waals surface area contributed by atoms with Gasteiger partial charge in [0.1, 0.15) is 5.75 Å². The topological polar surface area (TPSA) is 33.1 Å². The number of rotatable bonds is 3. The van der Waals surface area contributed by atoms with Crippen LogP contribution in [-0.4, -0.2) is 10.1 Å². The SMILES string of the molecule is CC(C)(C)c1cc(CCc2cccnc2)cc(C(C)(C)C)c1O. The van der Waals surface area contributed by atoms with Gasteiger partial charge in [-0.1, -0.05) is 59.7 Å². The van der Waals surface area contributed by atoms with Crippen LogP contribution in [0.2, 0.25) is 0 Å². The monoisotopic (exact) mass is 311 g/mol. The van der Waals surface area contributed by atoms with Gasteiger partial charge in [0.25, 0.3) is 0 Å². The zero-order valence-corrected chi connectivity index (χ0v) is 15.3. The van der Waals surface area contributed by atoms with Gasteiger partial charge in [0.2, 0.25) is 0 Å². The third kappa shape index (κ3) is 4.34. The van der Waals surface area contributed by atoms with E-state index >= 15 is 0 Å². The lowest BCUT2D eigenvalue weighted by molar-refractivity contribution is 0.422. The highest BCUT2D eigenvalue weighted by atomic mass is 16.3. The summed E-state index contributed by atoms with van der Waals surface area (Å²) in [5, 5.41) is 10.8. The van der Waals surface area contributed by atoms with Crippen molar-refractivity contribution in [2.45, 2.75) is 65.2 Å². The molecule has 2 aromatic rings. The fourth-order valence-electron chi connectivity index (χ4n) is 2.82. The van der Waals surface area contributed by atoms with Gasteiger partial charge < -0.3 is 5.11 Å². The highest BCUT2D eigenvalue weighted by Gasteiger charge is 2.26. The lowest BCUT2D eigenvalue weighted by Gasteiger charge is -2.28. The Balaban J connectivity index is 2.40. The van der Waals surface area contributed by atoms with Gasteiger partial charge in [0.05, 0.1) is 0 Å². The summed E-state index contributed by atoms with van der Waals surface area (Å²) in [6.45, 7) is 12.9. The highest BCUT2D eigenvalue weighted by Crippen LogP contribution is 2.39. The summed E-state index contributed by atoms with van der Waals surface area (Å²) < 4.78 is 0. The zero-order chi connectivity index (χ0) is 17.3. The third-order valence-corrected chi connectivity index (χ3v) is 4.21. The standard InChI is InChI=1S/C21H29NO/c1-20(2,3)17-12-16(10-9-15-8-7-11-22-14-15)13-18(19(17)23)21(4,5)6/h7-8,11-14,23H,9-10H2,1-6H3. The van der Waals surface area contributed by atoms with Crippen LogP contribution in [0.1, 0.15) is 63.8 Å². The minimum absolute atomic E-state index is 0.0750. The number of hydrogen-bond acceptors (Lipinski definition) is 2. The Bertz CT molecular complexity index is 625. The predicted octanol–water partition coefficient (Wildman–Crippen LogP) is 5.17. The Labute approximate surface area is 140 Å². The minimum Gasteiger partial charge on any atom is -0.507 e. The quantitative estimate of drug-likeness (QED) is 0.848. The number of aromatic nitrogens is 1. The lowest BCUT2D eigenvalue weighted by atomic mass is 9.78. The summed E-state index contributed by atoms with van der Waals surface area (Å²) in [6, 6.07) is 8.43. The fourth-order valence-corrected chi connectivity index (χ4v) is 2.82. The summed E-state index contributed by atoms with van der Waals surface area (Å²) in [5.74, 6) is 0.454. The minimum atomic E-state index is -0.0750. The van der Waals surface area contributed by atoms with Gasteiger partial charge in [-0.2, -0.15) is 0 Å². The van der Waals surface area contributed by atoms with E-state index in [-0.39, 0.29) is 10.8 Å². The number of hydrogen-bond donors (Lipinski definition) is 1. The maximum atomic E-state index is 10.8. The Morgan fingerprint density at radius 2 is 1.39 bits per heavy atom. The van der Waals surface area contributed by atoms with Gasteiger partial charge in [-0.15, -0.1) is 0 Å². The first-order chi connectivity index (χ1) is 10.6. The van der Waals surface area contributed by atoms with Crippen LogP contribution in [0.25, 0.3) is 0 Å². The van der Waals surface area contributed by atoms with E-state index in [0.29, 0.717) is 5.75 Å². The second-order valence-corrected chi connectivity index (χ2v) is 8.40. The molecule has 0 spiro atoms. The Morgan fingerprint density at radius 3 is 1.83 bits per heavy atom. The van der Waals surface area contributed by atoms with Gasteiger partial charge in [-0.05, 0) is 52.0 Å². The van der Waals surface area contributed by atoms with E-state index in [0.717, 1.165) is 24.0 Å². The molecule has 0 aliphatic rings. The average molecular weight is 311 g/mol. The van der Waals surface area contributed by atoms with E-state index in [1.54, 1.807) is 6.20 Å². The molecule has 0 atom stereocenters. The van der Waals surface area contributed by atoms with Gasteiger partial charge in [0.15, 0.2) is 0 Å². The van der Waals surface area contributed by atoms with Gasteiger partial charge in [-0.3, -0.25) is 4.98 Å². The molecule has 2 nitrogen and oxygen atoms in total. The molecular weight excluding hydrogens is 282 g/mol. The number of phenols is 1. The number of benzene rings is 1. The largest absolute Gasteiger partial charge is 0.507 e. The Morgan fingerprint density at radius 1 is 0.870 bits per heavy atom. The van der Waals surface area contributed by atoms with Crippen molar-refractivity contribution in [3.63, 3.8) is 0 Å². The average Bonchev–Trinajstić information content (AvgIpc) is 2.44. The van der Waals surface area contributed by atoms with Crippen molar-refractivity contribution < 1.29 is 5.11 Å². The Kier molecular flexibility index (Phi) is 4.84. The number of aromatic hydroxyl groups is 1. The van der Waals surface area contributed by atoms with Gasteiger partial charge >= 0.3 is 0 Å². The van der Waals surface area contributed by atoms with Crippen molar-refractivity contribution in [2.24, 2.45) is 0 Å². The maximum absolute atomic E-state index is 10.8. The van der Waals surface area contributed by atoms with E-state index in [1.807, 2.05) is 12.3 Å². The number of phenolic OH excluding ortho intramolecular Hbond substituents is 1. The number of pyridine rings is 1. The molecule has 124 valence electrons. The van der Waals surface area contributed by atoms with E-state index in [4.69, 9.17) is 0 Å². The molecule has 0 aliphatic heterocycles. The zero-order valence-electron chi connectivity index (χ0n) is 15.3. The van der Waals surface area contributed by atoms with Crippen molar-refractivity contribution in [3.05, 3.63) is 58.9 Å². The number of aryl methyl sites for hydroxylation is 2. The first-order valence-corrected chi connectivity index (χ1v) is 8.35. The molecule has 1 aromatic heterocycles. The molecule has 0 aliphatic carbocycles. The molecule has 0 fully saturated rings. The summed E-state index contributed by atoms with van der Waals surface area (Å²) >= 11 is 0. The molecule has 1 N–H and O–H groups in total. The normalized spacial score (nSPS) is 12.4. The van der Waals surface area contributed by atoms with E-state index in [2.05, 4.69) is 64.7 Å². The molecule has 0 unspecified atom stereocenters. The molecular formula is C21H29NO. The van der Waals surface area contributed by atoms with E-state index in [9.17, 15) is 5.11 Å². The third-order valence-electron chi connectivity index (χ3n) is 4.21. The van der Waals surface area contributed by atoms with Crippen molar-refractivity contribution in [2.75, 3.05) is 0 Å². The summed E-state index contributed by atoms with van der Waals surface area (Å²) in [5.41, 5.74) is 4.44. The summed E-state index contributed by atoms with van der Waals surface area (Å²) in [6.07, 6.45) is 5.65. The molecule has 0 saturated carbocycles. The van der Waals surface area contributed by atoms with Crippen molar-refractivity contribution in [1.29, 1.82) is 0 Å². The van der Waals surface area contributed by atoms with Crippen LogP contribution >= 0.6 is 0 Å². The maximum Gasteiger partial charge on any atom is 0.123 e. The second kappa shape index (κ2) is 6.35. The first-order valence-electron chi connectivity index (χ1n) is 8.35. The van der Waals surface area contributed by atoms with Crippen LogP contribution in [0, 0.1) is 0 Å². The molecule has 0 saturated heterocycles. The molecule has 0 bridgehead atoms. The van der Waals surface area contributed by atoms with Gasteiger partial charge in [-0.25, -0.2) is 0 Å². The molecule has 2 heteroatoms. The van der Waals surface area contributed by atoms with Crippen molar-refractivity contribution >= 4 is 0 Å². The lowest BCUT2D eigenvalue weighted by Crippen LogP contribution is -2.18. The van der Waals surface area contributed by atoms with Crippen LogP contribution in [0.15, 0.2) is 36.7 Å². The van der Waals surface area contributed by atoms with Crippen molar-refractivity contribution in [1.82, 2.24) is 4.98 Å². The smallest absolute Gasteiger partial charge is 0.123 e. The molecule has 1 aromatic carbocycles. The fraction of sp³-hybridized carbons (Fsp3) is 0.476. The molecule has 23 heavy (non-hydrogen) atoms. The molecule has 0 amide bonds. The molecule has 0 radical (unpaired) electrons. The van der Waals surface area contributed by atoms with E-state index < -0.39 is 0 Å². The molecule has 1 heterocycles. The summed E-state index contributed by atoms with van der Waals surface area (Å²) in [7, 11) is 0.